The Morgan fingerprint density at radius 1 is 1.08 bits per heavy atom. The van der Waals surface area contributed by atoms with E-state index < -0.39 is 11.8 Å². The number of nitrogens with two attached hydrogens (primary N) is 1. The predicted octanol–water partition coefficient (Wildman–Crippen LogP) is 2.20. The quantitative estimate of drug-likeness (QED) is 0.725. The van der Waals surface area contributed by atoms with Gasteiger partial charge < -0.3 is 15.0 Å². The summed E-state index contributed by atoms with van der Waals surface area (Å²) in [6.45, 7) is 0.327. The van der Waals surface area contributed by atoms with Gasteiger partial charge in [-0.15, -0.1) is 11.3 Å². The van der Waals surface area contributed by atoms with Crippen molar-refractivity contribution in [3.05, 3.63) is 82.1 Å². The maximum Gasteiger partial charge on any atom is 0.283 e. The Bertz CT molecular complexity index is 977. The lowest BCUT2D eigenvalue weighted by molar-refractivity contribution is -0.119. The number of aromatic nitrogens is 1. The van der Waals surface area contributed by atoms with E-state index in [2.05, 4.69) is 4.99 Å². The molecule has 0 spiro atoms. The lowest BCUT2D eigenvalue weighted by Gasteiger charge is -2.07. The molecule has 1 aromatic heterocycles. The van der Waals surface area contributed by atoms with Crippen LogP contribution in [0.4, 0.5) is 0 Å². The van der Waals surface area contributed by atoms with Crippen LogP contribution in [-0.2, 0) is 11.3 Å². The van der Waals surface area contributed by atoms with Gasteiger partial charge in [0.05, 0.1) is 5.56 Å². The van der Waals surface area contributed by atoms with Crippen LogP contribution in [0.3, 0.4) is 0 Å². The van der Waals surface area contributed by atoms with Gasteiger partial charge in [-0.2, -0.15) is 4.99 Å². The Balaban J connectivity index is 1.86. The van der Waals surface area contributed by atoms with Gasteiger partial charge in [0, 0.05) is 18.1 Å². The van der Waals surface area contributed by atoms with E-state index in [1.165, 1.54) is 11.3 Å². The number of benzene rings is 2. The van der Waals surface area contributed by atoms with Crippen molar-refractivity contribution in [2.24, 2.45) is 10.7 Å². The molecule has 26 heavy (non-hydrogen) atoms. The number of ether oxygens (including phenoxy) is 1. The minimum atomic E-state index is -0.608. The molecule has 0 saturated heterocycles. The van der Waals surface area contributed by atoms with Crippen LogP contribution >= 0.6 is 11.3 Å². The maximum absolute atomic E-state index is 12.6. The van der Waals surface area contributed by atoms with E-state index in [0.29, 0.717) is 11.3 Å². The van der Waals surface area contributed by atoms with Gasteiger partial charge in [-0.1, -0.05) is 42.5 Å². The molecular formula is C19H17N3O3S. The number of nitrogens with zero attached hydrogens (tertiary/aromatic N) is 2. The number of rotatable bonds is 6. The highest BCUT2D eigenvalue weighted by atomic mass is 32.1. The number of primary amides is 1. The fourth-order valence-corrected chi connectivity index (χ4v) is 3.08. The number of hydrogen-bond donors (Lipinski definition) is 1. The summed E-state index contributed by atoms with van der Waals surface area (Å²) >= 11 is 1.38. The summed E-state index contributed by atoms with van der Waals surface area (Å²) in [5.41, 5.74) is 6.50. The number of thiazole rings is 1. The second kappa shape index (κ2) is 8.26. The van der Waals surface area contributed by atoms with E-state index in [0.717, 1.165) is 5.56 Å². The van der Waals surface area contributed by atoms with E-state index >= 15 is 0 Å². The average molecular weight is 367 g/mol. The normalized spacial score (nSPS) is 11.3. The summed E-state index contributed by atoms with van der Waals surface area (Å²) in [5, 5.41) is 1.88. The summed E-state index contributed by atoms with van der Waals surface area (Å²) in [6, 6.07) is 16.6. The first-order valence-corrected chi connectivity index (χ1v) is 8.78. The van der Waals surface area contributed by atoms with Crippen LogP contribution < -0.4 is 15.3 Å². The van der Waals surface area contributed by atoms with Crippen molar-refractivity contribution in [3.8, 4) is 5.75 Å². The van der Waals surface area contributed by atoms with E-state index in [-0.39, 0.29) is 17.9 Å². The lowest BCUT2D eigenvalue weighted by atomic mass is 10.2. The smallest absolute Gasteiger partial charge is 0.283 e. The van der Waals surface area contributed by atoms with Gasteiger partial charge in [-0.05, 0) is 17.7 Å². The molecule has 0 aliphatic rings. The van der Waals surface area contributed by atoms with Gasteiger partial charge in [0.1, 0.15) is 5.75 Å². The van der Waals surface area contributed by atoms with Crippen molar-refractivity contribution in [2.75, 3.05) is 6.61 Å². The number of carbonyl (C=O) groups is 2. The van der Waals surface area contributed by atoms with E-state index in [9.17, 15) is 9.59 Å². The second-order valence-electron chi connectivity index (χ2n) is 5.47. The lowest BCUT2D eigenvalue weighted by Crippen LogP contribution is -2.21. The molecule has 2 amide bonds. The van der Waals surface area contributed by atoms with E-state index in [1.807, 2.05) is 46.5 Å². The SMILES string of the molecule is NC(=O)COc1ccccc1C(=O)N=c1sccn1Cc1ccccc1. The minimum absolute atomic E-state index is 0.284. The highest BCUT2D eigenvalue weighted by molar-refractivity contribution is 7.07. The molecule has 132 valence electrons. The maximum atomic E-state index is 12.6. The average Bonchev–Trinajstić information content (AvgIpc) is 3.07. The van der Waals surface area contributed by atoms with Crippen LogP contribution in [0.5, 0.6) is 5.75 Å². The van der Waals surface area contributed by atoms with Gasteiger partial charge in [0.2, 0.25) is 0 Å². The van der Waals surface area contributed by atoms with Crippen molar-refractivity contribution in [2.45, 2.75) is 6.54 Å². The molecule has 0 fully saturated rings. The highest BCUT2D eigenvalue weighted by Gasteiger charge is 2.12. The minimum Gasteiger partial charge on any atom is -0.483 e. The molecular weight excluding hydrogens is 350 g/mol. The summed E-state index contributed by atoms with van der Waals surface area (Å²) < 4.78 is 7.21. The molecule has 0 radical (unpaired) electrons. The zero-order valence-corrected chi connectivity index (χ0v) is 14.7. The molecule has 6 nitrogen and oxygen atoms in total. The molecule has 0 saturated carbocycles. The molecule has 3 aromatic rings. The topological polar surface area (TPSA) is 86.7 Å². The van der Waals surface area contributed by atoms with Crippen molar-refractivity contribution < 1.29 is 14.3 Å². The molecule has 7 heteroatoms. The zero-order valence-electron chi connectivity index (χ0n) is 13.9. The summed E-state index contributed by atoms with van der Waals surface area (Å²) in [7, 11) is 0. The van der Waals surface area contributed by atoms with Crippen LogP contribution in [0, 0.1) is 0 Å². The number of carbonyl (C=O) groups excluding carboxylic acids is 2. The van der Waals surface area contributed by atoms with Gasteiger partial charge in [-0.3, -0.25) is 9.59 Å². The Morgan fingerprint density at radius 3 is 2.58 bits per heavy atom. The zero-order chi connectivity index (χ0) is 18.4. The van der Waals surface area contributed by atoms with Gasteiger partial charge in [-0.25, -0.2) is 0 Å². The van der Waals surface area contributed by atoms with Crippen LogP contribution in [0.2, 0.25) is 0 Å². The first-order valence-electron chi connectivity index (χ1n) is 7.90. The van der Waals surface area contributed by atoms with Crippen molar-refractivity contribution in [1.29, 1.82) is 0 Å². The predicted molar refractivity (Wildman–Crippen MR) is 98.9 cm³/mol. The fraction of sp³-hybridized carbons (Fsp3) is 0.105. The number of hydrogen-bond acceptors (Lipinski definition) is 4. The van der Waals surface area contributed by atoms with Crippen LogP contribution in [-0.4, -0.2) is 23.0 Å². The van der Waals surface area contributed by atoms with Gasteiger partial charge >= 0.3 is 0 Å². The third-order valence-corrected chi connectivity index (χ3v) is 4.33. The molecule has 0 atom stereocenters. The molecule has 3 rings (SSSR count). The Kier molecular flexibility index (Phi) is 5.60. The number of amides is 2. The molecule has 1 heterocycles. The Labute approximate surface area is 154 Å². The molecule has 0 aliphatic heterocycles. The van der Waals surface area contributed by atoms with E-state index in [4.69, 9.17) is 10.5 Å². The largest absolute Gasteiger partial charge is 0.483 e. The van der Waals surface area contributed by atoms with E-state index in [1.54, 1.807) is 24.3 Å². The summed E-state index contributed by atoms with van der Waals surface area (Å²) in [4.78, 5) is 28.3. The van der Waals surface area contributed by atoms with Gasteiger partial charge in [0.15, 0.2) is 11.4 Å². The first kappa shape index (κ1) is 17.6. The van der Waals surface area contributed by atoms with Crippen molar-refractivity contribution in [3.63, 3.8) is 0 Å². The standard InChI is InChI=1S/C19H17N3O3S/c20-17(23)13-25-16-9-5-4-8-15(16)18(24)21-19-22(10-11-26-19)12-14-6-2-1-3-7-14/h1-11H,12-13H2,(H2,20,23). The summed E-state index contributed by atoms with van der Waals surface area (Å²) in [5.74, 6) is -0.760. The first-order chi connectivity index (χ1) is 12.6. The summed E-state index contributed by atoms with van der Waals surface area (Å²) in [6.07, 6.45) is 1.89. The monoisotopic (exact) mass is 367 g/mol. The number of para-hydroxylation sites is 1. The van der Waals surface area contributed by atoms with Gasteiger partial charge in [0.25, 0.3) is 11.8 Å². The molecule has 0 aliphatic carbocycles. The molecule has 2 aromatic carbocycles. The van der Waals surface area contributed by atoms with Crippen molar-refractivity contribution >= 4 is 23.2 Å². The third-order valence-electron chi connectivity index (χ3n) is 3.54. The van der Waals surface area contributed by atoms with Crippen LogP contribution in [0.15, 0.2) is 71.2 Å². The highest BCUT2D eigenvalue weighted by Crippen LogP contribution is 2.18. The Hall–Kier alpha value is -3.19. The molecule has 0 unspecified atom stereocenters. The molecule has 2 N–H and O–H groups in total. The third kappa shape index (κ3) is 4.46. The second-order valence-corrected chi connectivity index (χ2v) is 6.34. The molecule has 0 bridgehead atoms. The fourth-order valence-electron chi connectivity index (χ4n) is 2.35. The van der Waals surface area contributed by atoms with Crippen LogP contribution in [0.25, 0.3) is 0 Å². The Morgan fingerprint density at radius 2 is 1.81 bits per heavy atom. The van der Waals surface area contributed by atoms with Crippen LogP contribution in [0.1, 0.15) is 15.9 Å². The van der Waals surface area contributed by atoms with Crippen molar-refractivity contribution in [1.82, 2.24) is 4.57 Å².